The first kappa shape index (κ1) is 26.8. The van der Waals surface area contributed by atoms with Crippen molar-refractivity contribution in [3.8, 4) is 22.6 Å². The van der Waals surface area contributed by atoms with E-state index in [0.717, 1.165) is 24.4 Å². The zero-order valence-electron chi connectivity index (χ0n) is 22.7. The largest absolute Gasteiger partial charge is 0.481 e. The standard InChI is InChI=1S/C29H35N5O4Si/c1-39(2,3)15-14-38-18-33-13-12-31-29(33)25-26(37)22-10-11-23(21-8-6-19(7-9-21)16-24(35)36)32-28(22)34(27(25)30)17-20-4-5-20/h6-13,20H,4-5,14-18,30H2,1-3H3,(H,35,36). The highest BCUT2D eigenvalue weighted by molar-refractivity contribution is 6.76. The maximum Gasteiger partial charge on any atom is 0.307 e. The molecule has 9 nitrogen and oxygen atoms in total. The summed E-state index contributed by atoms with van der Waals surface area (Å²) >= 11 is 0. The maximum absolute atomic E-state index is 13.8. The van der Waals surface area contributed by atoms with Crippen molar-refractivity contribution in [3.63, 3.8) is 0 Å². The Kier molecular flexibility index (Phi) is 7.41. The third-order valence-electron chi connectivity index (χ3n) is 7.06. The number of imidazole rings is 1. The minimum atomic E-state index is -1.22. The molecule has 10 heteroatoms. The van der Waals surface area contributed by atoms with E-state index in [-0.39, 0.29) is 11.8 Å². The van der Waals surface area contributed by atoms with Crippen LogP contribution in [-0.2, 0) is 29.2 Å². The number of hydrogen-bond donors (Lipinski definition) is 2. The van der Waals surface area contributed by atoms with E-state index in [0.29, 0.717) is 65.3 Å². The number of rotatable bonds is 11. The molecule has 0 aliphatic heterocycles. The molecule has 0 atom stereocenters. The summed E-state index contributed by atoms with van der Waals surface area (Å²) in [5.41, 5.74) is 9.68. The number of nitrogens with two attached hydrogens (primary N) is 1. The van der Waals surface area contributed by atoms with E-state index in [2.05, 4.69) is 24.6 Å². The van der Waals surface area contributed by atoms with Crippen molar-refractivity contribution in [1.29, 1.82) is 0 Å². The molecule has 39 heavy (non-hydrogen) atoms. The molecule has 0 spiro atoms. The lowest BCUT2D eigenvalue weighted by molar-refractivity contribution is -0.136. The van der Waals surface area contributed by atoms with Gasteiger partial charge in [-0.2, -0.15) is 0 Å². The number of fused-ring (bicyclic) bond motifs is 1. The van der Waals surface area contributed by atoms with Gasteiger partial charge in [0, 0.05) is 39.2 Å². The number of carboxylic acids is 1. The number of ether oxygens (including phenoxy) is 1. The number of nitrogen functional groups attached to an aromatic ring is 1. The molecule has 0 bridgehead atoms. The highest BCUT2D eigenvalue weighted by atomic mass is 28.3. The van der Waals surface area contributed by atoms with Gasteiger partial charge < -0.3 is 24.7 Å². The fourth-order valence-electron chi connectivity index (χ4n) is 4.60. The molecule has 4 aromatic rings. The molecule has 1 fully saturated rings. The van der Waals surface area contributed by atoms with Crippen molar-refractivity contribution < 1.29 is 14.6 Å². The Bertz CT molecular complexity index is 1570. The van der Waals surface area contributed by atoms with Gasteiger partial charge in [0.2, 0.25) is 5.43 Å². The van der Waals surface area contributed by atoms with E-state index in [9.17, 15) is 9.59 Å². The summed E-state index contributed by atoms with van der Waals surface area (Å²) < 4.78 is 9.74. The van der Waals surface area contributed by atoms with Gasteiger partial charge in [-0.25, -0.2) is 9.97 Å². The molecule has 1 aliphatic carbocycles. The molecule has 0 unspecified atom stereocenters. The summed E-state index contributed by atoms with van der Waals surface area (Å²) in [6.45, 7) is 8.57. The lowest BCUT2D eigenvalue weighted by atomic mass is 10.1. The molecule has 3 N–H and O–H groups in total. The molecule has 0 saturated heterocycles. The monoisotopic (exact) mass is 545 g/mol. The van der Waals surface area contributed by atoms with Gasteiger partial charge in [0.05, 0.1) is 17.5 Å². The molecule has 0 amide bonds. The van der Waals surface area contributed by atoms with Gasteiger partial charge in [-0.3, -0.25) is 9.59 Å². The summed E-state index contributed by atoms with van der Waals surface area (Å²) in [5.74, 6) is 0.474. The Hall–Kier alpha value is -3.76. The second kappa shape index (κ2) is 10.8. The van der Waals surface area contributed by atoms with Crippen LogP contribution in [0.15, 0.2) is 53.6 Å². The van der Waals surface area contributed by atoms with Gasteiger partial charge >= 0.3 is 5.97 Å². The number of carbonyl (C=O) groups is 1. The lowest BCUT2D eigenvalue weighted by Crippen LogP contribution is -2.23. The molecule has 3 heterocycles. The van der Waals surface area contributed by atoms with Gasteiger partial charge in [-0.1, -0.05) is 43.9 Å². The van der Waals surface area contributed by atoms with Gasteiger partial charge in [0.1, 0.15) is 29.6 Å². The molecular formula is C29H35N5O4Si. The first-order valence-electron chi connectivity index (χ1n) is 13.3. The van der Waals surface area contributed by atoms with Crippen molar-refractivity contribution >= 4 is 30.9 Å². The minimum absolute atomic E-state index is 0.0369. The summed E-state index contributed by atoms with van der Waals surface area (Å²) in [6, 6.07) is 12.0. The number of anilines is 1. The third-order valence-corrected chi connectivity index (χ3v) is 8.76. The second-order valence-electron chi connectivity index (χ2n) is 11.5. The number of nitrogens with zero attached hydrogens (tertiary/aromatic N) is 4. The highest BCUT2D eigenvalue weighted by Gasteiger charge is 2.27. The van der Waals surface area contributed by atoms with E-state index in [1.807, 2.05) is 33.5 Å². The number of aromatic nitrogens is 4. The topological polar surface area (TPSA) is 125 Å². The van der Waals surface area contributed by atoms with Crippen molar-refractivity contribution in [2.75, 3.05) is 12.3 Å². The van der Waals surface area contributed by atoms with Crippen LogP contribution in [0.4, 0.5) is 5.82 Å². The van der Waals surface area contributed by atoms with Crippen LogP contribution in [0.3, 0.4) is 0 Å². The molecule has 3 aromatic heterocycles. The molecular weight excluding hydrogens is 510 g/mol. The van der Waals surface area contributed by atoms with Gasteiger partial charge in [0.15, 0.2) is 0 Å². The zero-order chi connectivity index (χ0) is 27.7. The van der Waals surface area contributed by atoms with Crippen LogP contribution in [0.1, 0.15) is 18.4 Å². The van der Waals surface area contributed by atoms with Crippen molar-refractivity contribution in [3.05, 3.63) is 64.6 Å². The normalized spacial score (nSPS) is 13.7. The number of pyridine rings is 2. The number of carboxylic acid groups (broad SMARTS) is 1. The summed E-state index contributed by atoms with van der Waals surface area (Å²) in [6.07, 6.45) is 5.68. The van der Waals surface area contributed by atoms with Crippen LogP contribution in [0, 0.1) is 5.92 Å². The average Bonchev–Trinajstić information content (AvgIpc) is 3.60. The molecule has 1 aromatic carbocycles. The number of hydrogen-bond acceptors (Lipinski definition) is 6. The minimum Gasteiger partial charge on any atom is -0.481 e. The van der Waals surface area contributed by atoms with Crippen LogP contribution in [0.25, 0.3) is 33.7 Å². The Morgan fingerprint density at radius 1 is 1.15 bits per heavy atom. The predicted octanol–water partition coefficient (Wildman–Crippen LogP) is 4.86. The smallest absolute Gasteiger partial charge is 0.307 e. The maximum atomic E-state index is 13.8. The van der Waals surface area contributed by atoms with Crippen molar-refractivity contribution in [1.82, 2.24) is 19.1 Å². The third kappa shape index (κ3) is 6.12. The molecule has 0 radical (unpaired) electrons. The quantitative estimate of drug-likeness (QED) is 0.204. The van der Waals surface area contributed by atoms with Crippen molar-refractivity contribution in [2.24, 2.45) is 5.92 Å². The highest BCUT2D eigenvalue weighted by Crippen LogP contribution is 2.35. The van der Waals surface area contributed by atoms with Crippen LogP contribution >= 0.6 is 0 Å². The Morgan fingerprint density at radius 3 is 2.56 bits per heavy atom. The van der Waals surface area contributed by atoms with Crippen molar-refractivity contribution in [2.45, 2.75) is 58.2 Å². The average molecular weight is 546 g/mol. The molecule has 1 aliphatic rings. The lowest BCUT2D eigenvalue weighted by Gasteiger charge is -2.19. The second-order valence-corrected chi connectivity index (χ2v) is 17.2. The van der Waals surface area contributed by atoms with Gasteiger partial charge in [-0.15, -0.1) is 0 Å². The summed E-state index contributed by atoms with van der Waals surface area (Å²) in [5, 5.41) is 9.54. The fourth-order valence-corrected chi connectivity index (χ4v) is 5.36. The van der Waals surface area contributed by atoms with Gasteiger partial charge in [-0.05, 0) is 42.5 Å². The summed E-state index contributed by atoms with van der Waals surface area (Å²) in [7, 11) is -1.22. The molecule has 1 saturated carbocycles. The number of aliphatic carboxylic acids is 1. The van der Waals surface area contributed by atoms with Crippen LogP contribution in [0.5, 0.6) is 0 Å². The SMILES string of the molecule is C[Si](C)(C)CCOCn1ccnc1-c1c(N)n(CC2CC2)c2nc(-c3ccc(CC(=O)O)cc3)ccc2c1=O. The Morgan fingerprint density at radius 2 is 1.90 bits per heavy atom. The van der Waals surface area contributed by atoms with E-state index in [1.54, 1.807) is 24.4 Å². The summed E-state index contributed by atoms with van der Waals surface area (Å²) in [4.78, 5) is 34.3. The molecule has 5 rings (SSSR count). The van der Waals surface area contributed by atoms with Crippen LogP contribution in [0.2, 0.25) is 25.7 Å². The van der Waals surface area contributed by atoms with Crippen LogP contribution in [-0.4, -0.2) is 44.9 Å². The Labute approximate surface area is 228 Å². The van der Waals surface area contributed by atoms with Gasteiger partial charge in [0.25, 0.3) is 0 Å². The first-order valence-corrected chi connectivity index (χ1v) is 17.0. The predicted molar refractivity (Wildman–Crippen MR) is 155 cm³/mol. The van der Waals surface area contributed by atoms with E-state index in [4.69, 9.17) is 20.6 Å². The zero-order valence-corrected chi connectivity index (χ0v) is 23.7. The van der Waals surface area contributed by atoms with E-state index < -0.39 is 14.0 Å². The van der Waals surface area contributed by atoms with E-state index in [1.165, 1.54) is 0 Å². The Balaban J connectivity index is 1.54. The fraction of sp³-hybridized carbons (Fsp3) is 0.379. The first-order chi connectivity index (χ1) is 18.6. The van der Waals surface area contributed by atoms with E-state index >= 15 is 0 Å². The number of benzene rings is 1. The van der Waals surface area contributed by atoms with Crippen LogP contribution < -0.4 is 11.2 Å². The molecule has 204 valence electrons.